The Kier molecular flexibility index (Phi) is 6.50. The van der Waals surface area contributed by atoms with Gasteiger partial charge in [-0.15, -0.1) is 11.6 Å². The molecule has 0 fully saturated rings. The summed E-state index contributed by atoms with van der Waals surface area (Å²) in [6.07, 6.45) is 0.917. The molecule has 18 heavy (non-hydrogen) atoms. The predicted octanol–water partition coefficient (Wildman–Crippen LogP) is 3.55. The lowest BCUT2D eigenvalue weighted by atomic mass is 10.2. The van der Waals surface area contributed by atoms with Gasteiger partial charge in [0.25, 0.3) is 5.91 Å². The van der Waals surface area contributed by atoms with Crippen LogP contribution >= 0.6 is 27.5 Å². The van der Waals surface area contributed by atoms with Crippen LogP contribution < -0.4 is 4.74 Å². The number of hydrogen-bond acceptors (Lipinski definition) is 2. The van der Waals surface area contributed by atoms with Gasteiger partial charge in [0.05, 0.1) is 11.6 Å². The molecule has 0 unspecified atom stereocenters. The van der Waals surface area contributed by atoms with E-state index in [9.17, 15) is 4.79 Å². The molecule has 0 aromatic heterocycles. The van der Waals surface area contributed by atoms with E-state index in [0.29, 0.717) is 23.7 Å². The number of benzene rings is 1. The molecule has 1 aromatic carbocycles. The summed E-state index contributed by atoms with van der Waals surface area (Å²) in [4.78, 5) is 14.0. The number of amides is 1. The fraction of sp³-hybridized carbons (Fsp3) is 0.462. The number of carbonyl (C=O) groups excluding carboxylic acids is 1. The zero-order valence-electron chi connectivity index (χ0n) is 10.6. The summed E-state index contributed by atoms with van der Waals surface area (Å²) in [5.41, 5.74) is 0.640. The Morgan fingerprint density at radius 3 is 2.67 bits per heavy atom. The fourth-order valence-corrected chi connectivity index (χ4v) is 2.41. The Hall–Kier alpha value is -0.740. The normalized spacial score (nSPS) is 10.2. The van der Waals surface area contributed by atoms with Gasteiger partial charge >= 0.3 is 0 Å². The van der Waals surface area contributed by atoms with E-state index in [1.165, 1.54) is 0 Å². The van der Waals surface area contributed by atoms with E-state index >= 15 is 0 Å². The maximum Gasteiger partial charge on any atom is 0.253 e. The Morgan fingerprint density at radius 1 is 1.44 bits per heavy atom. The van der Waals surface area contributed by atoms with Crippen molar-refractivity contribution in [2.75, 3.05) is 26.1 Å². The minimum absolute atomic E-state index is 0.000790. The fourth-order valence-electron chi connectivity index (χ4n) is 1.67. The molecule has 3 nitrogen and oxygen atoms in total. The Morgan fingerprint density at radius 2 is 2.17 bits per heavy atom. The van der Waals surface area contributed by atoms with Crippen molar-refractivity contribution in [3.8, 4) is 5.75 Å². The van der Waals surface area contributed by atoms with Gasteiger partial charge in [0.2, 0.25) is 0 Å². The molecule has 0 saturated carbocycles. The van der Waals surface area contributed by atoms with Crippen LogP contribution in [0.5, 0.6) is 5.75 Å². The van der Waals surface area contributed by atoms with Gasteiger partial charge in [-0.3, -0.25) is 4.79 Å². The van der Waals surface area contributed by atoms with Crippen molar-refractivity contribution in [2.24, 2.45) is 0 Å². The van der Waals surface area contributed by atoms with Gasteiger partial charge in [0.15, 0.2) is 0 Å². The minimum Gasteiger partial charge on any atom is -0.496 e. The Balaban J connectivity index is 2.90. The lowest BCUT2D eigenvalue weighted by molar-refractivity contribution is 0.0765. The first-order chi connectivity index (χ1) is 8.63. The van der Waals surface area contributed by atoms with E-state index < -0.39 is 0 Å². The van der Waals surface area contributed by atoms with Gasteiger partial charge in [-0.25, -0.2) is 0 Å². The number of hydrogen-bond donors (Lipinski definition) is 0. The van der Waals surface area contributed by atoms with Gasteiger partial charge in [0.1, 0.15) is 5.75 Å². The molecule has 0 bridgehead atoms. The highest BCUT2D eigenvalue weighted by Gasteiger charge is 2.15. The molecule has 0 N–H and O–H groups in total. The van der Waals surface area contributed by atoms with Gasteiger partial charge in [-0.1, -0.05) is 6.92 Å². The third-order valence-corrected chi connectivity index (χ3v) is 3.32. The number of methoxy groups -OCH3 is 1. The maximum absolute atomic E-state index is 12.3. The first kappa shape index (κ1) is 15.3. The van der Waals surface area contributed by atoms with Crippen LogP contribution in [0.15, 0.2) is 22.7 Å². The van der Waals surface area contributed by atoms with Gasteiger partial charge < -0.3 is 9.64 Å². The highest BCUT2D eigenvalue weighted by molar-refractivity contribution is 9.10. The molecule has 0 spiro atoms. The number of ether oxygens (including phenoxy) is 1. The monoisotopic (exact) mass is 333 g/mol. The SMILES string of the molecule is CCCN(CCCl)C(=O)c1ccc(OC)c(Br)c1. The first-order valence-electron chi connectivity index (χ1n) is 5.82. The van der Waals surface area contributed by atoms with Crippen LogP contribution in [0.4, 0.5) is 0 Å². The second kappa shape index (κ2) is 7.64. The van der Waals surface area contributed by atoms with Gasteiger partial charge in [0, 0.05) is 24.5 Å². The third-order valence-electron chi connectivity index (χ3n) is 2.53. The molecule has 0 radical (unpaired) electrons. The highest BCUT2D eigenvalue weighted by Crippen LogP contribution is 2.26. The zero-order valence-corrected chi connectivity index (χ0v) is 12.9. The third kappa shape index (κ3) is 3.89. The van der Waals surface area contributed by atoms with Crippen molar-refractivity contribution in [2.45, 2.75) is 13.3 Å². The van der Waals surface area contributed by atoms with Crippen molar-refractivity contribution in [3.05, 3.63) is 28.2 Å². The topological polar surface area (TPSA) is 29.5 Å². The standard InChI is InChI=1S/C13H17BrClNO2/c1-3-7-16(8-6-15)13(17)10-4-5-12(18-2)11(14)9-10/h4-5,9H,3,6-8H2,1-2H3. The predicted molar refractivity (Wildman–Crippen MR) is 77.6 cm³/mol. The second-order valence-corrected chi connectivity index (χ2v) is 5.06. The van der Waals surface area contributed by atoms with E-state index in [1.54, 1.807) is 30.2 Å². The van der Waals surface area contributed by atoms with E-state index in [4.69, 9.17) is 16.3 Å². The molecule has 0 aliphatic heterocycles. The smallest absolute Gasteiger partial charge is 0.253 e. The minimum atomic E-state index is 0.000790. The molecule has 0 atom stereocenters. The summed E-state index contributed by atoms with van der Waals surface area (Å²) >= 11 is 9.10. The summed E-state index contributed by atoms with van der Waals surface area (Å²) in [7, 11) is 1.60. The highest BCUT2D eigenvalue weighted by atomic mass is 79.9. The molecule has 0 heterocycles. The average molecular weight is 335 g/mol. The summed E-state index contributed by atoms with van der Waals surface area (Å²) in [6.45, 7) is 3.32. The lowest BCUT2D eigenvalue weighted by Gasteiger charge is -2.21. The van der Waals surface area contributed by atoms with Crippen molar-refractivity contribution in [1.82, 2.24) is 4.90 Å². The van der Waals surface area contributed by atoms with Crippen molar-refractivity contribution in [3.63, 3.8) is 0 Å². The second-order valence-electron chi connectivity index (χ2n) is 3.83. The van der Waals surface area contributed by atoms with Gasteiger partial charge in [-0.2, -0.15) is 0 Å². The first-order valence-corrected chi connectivity index (χ1v) is 7.15. The number of carbonyl (C=O) groups is 1. The largest absolute Gasteiger partial charge is 0.496 e. The molecular formula is C13H17BrClNO2. The Bertz CT molecular complexity index is 406. The average Bonchev–Trinajstić information content (AvgIpc) is 2.37. The van der Waals surface area contributed by atoms with Crippen molar-refractivity contribution in [1.29, 1.82) is 0 Å². The summed E-state index contributed by atoms with van der Waals surface area (Å²) in [5, 5.41) is 0. The number of rotatable bonds is 6. The van der Waals surface area contributed by atoms with Crippen LogP contribution in [-0.2, 0) is 0 Å². The molecule has 1 amide bonds. The maximum atomic E-state index is 12.3. The van der Waals surface area contributed by atoms with Crippen LogP contribution in [0, 0.1) is 0 Å². The van der Waals surface area contributed by atoms with E-state index in [2.05, 4.69) is 15.9 Å². The summed E-state index contributed by atoms with van der Waals surface area (Å²) in [5.74, 6) is 1.16. The summed E-state index contributed by atoms with van der Waals surface area (Å²) in [6, 6.07) is 5.32. The number of nitrogens with zero attached hydrogens (tertiary/aromatic N) is 1. The van der Waals surface area contributed by atoms with Crippen molar-refractivity contribution < 1.29 is 9.53 Å². The van der Waals surface area contributed by atoms with E-state index in [0.717, 1.165) is 17.4 Å². The van der Waals surface area contributed by atoms with E-state index in [1.807, 2.05) is 6.92 Å². The molecule has 1 rings (SSSR count). The van der Waals surface area contributed by atoms with Crippen LogP contribution in [0.2, 0.25) is 0 Å². The van der Waals surface area contributed by atoms with E-state index in [-0.39, 0.29) is 5.91 Å². The molecule has 0 saturated heterocycles. The quantitative estimate of drug-likeness (QED) is 0.745. The summed E-state index contributed by atoms with van der Waals surface area (Å²) < 4.78 is 5.92. The molecule has 5 heteroatoms. The van der Waals surface area contributed by atoms with Crippen LogP contribution in [0.1, 0.15) is 23.7 Å². The lowest BCUT2D eigenvalue weighted by Crippen LogP contribution is -2.33. The van der Waals surface area contributed by atoms with Crippen molar-refractivity contribution >= 4 is 33.4 Å². The molecule has 0 aliphatic rings. The number of alkyl halides is 1. The van der Waals surface area contributed by atoms with Crippen LogP contribution in [-0.4, -0.2) is 36.9 Å². The van der Waals surface area contributed by atoms with Crippen LogP contribution in [0.25, 0.3) is 0 Å². The molecule has 0 aliphatic carbocycles. The molecule has 1 aromatic rings. The zero-order chi connectivity index (χ0) is 13.5. The molecular weight excluding hydrogens is 318 g/mol. The van der Waals surface area contributed by atoms with Gasteiger partial charge in [-0.05, 0) is 40.5 Å². The number of halogens is 2. The van der Waals surface area contributed by atoms with Crippen LogP contribution in [0.3, 0.4) is 0 Å². The Labute approximate surface area is 121 Å². The molecule has 100 valence electrons.